The molecule has 0 heterocycles. The number of rotatable bonds is 1. The Bertz CT molecular complexity index is 325. The van der Waals surface area contributed by atoms with Gasteiger partial charge in [0.15, 0.2) is 0 Å². The van der Waals surface area contributed by atoms with E-state index in [-0.39, 0.29) is 6.04 Å². The Morgan fingerprint density at radius 3 is 2.83 bits per heavy atom. The average molecular weight is 271 g/mol. The molecule has 0 saturated heterocycles. The molecule has 2 heteroatoms. The fraction of sp³-hybridized carbons (Fsp3) is 0.200. The first-order valence-corrected chi connectivity index (χ1v) is 4.71. The van der Waals surface area contributed by atoms with Gasteiger partial charge in [-0.05, 0) is 40.6 Å². The van der Waals surface area contributed by atoms with Crippen LogP contribution in [0.1, 0.15) is 17.2 Å². The predicted octanol–water partition coefficient (Wildman–Crippen LogP) is 2.23. The lowest BCUT2D eigenvalue weighted by molar-refractivity contribution is 0.935. The van der Waals surface area contributed by atoms with E-state index in [1.165, 1.54) is 9.13 Å². The smallest absolute Gasteiger partial charge is 0.0928 e. The van der Waals surface area contributed by atoms with E-state index >= 15 is 0 Å². The Balaban J connectivity index is 3.18. The molecule has 0 fully saturated rings. The Kier molecular flexibility index (Phi) is 3.12. The van der Waals surface area contributed by atoms with Gasteiger partial charge in [-0.25, -0.2) is 0 Å². The first-order chi connectivity index (χ1) is 5.66. The molecule has 0 aliphatic heterocycles. The quantitative estimate of drug-likeness (QED) is 0.615. The number of terminal acetylenes is 1. The van der Waals surface area contributed by atoms with Crippen molar-refractivity contribution in [1.29, 1.82) is 0 Å². The molecular formula is C10H10IN. The molecular weight excluding hydrogens is 261 g/mol. The van der Waals surface area contributed by atoms with Crippen LogP contribution in [0.25, 0.3) is 0 Å². The fourth-order valence-corrected chi connectivity index (χ4v) is 1.70. The third-order valence-electron chi connectivity index (χ3n) is 1.74. The molecule has 1 rings (SSSR count). The van der Waals surface area contributed by atoms with E-state index in [4.69, 9.17) is 12.2 Å². The topological polar surface area (TPSA) is 26.0 Å². The van der Waals surface area contributed by atoms with Gasteiger partial charge in [0, 0.05) is 3.57 Å². The van der Waals surface area contributed by atoms with Crippen LogP contribution < -0.4 is 5.73 Å². The molecule has 12 heavy (non-hydrogen) atoms. The van der Waals surface area contributed by atoms with Crippen molar-refractivity contribution in [2.45, 2.75) is 13.0 Å². The van der Waals surface area contributed by atoms with Gasteiger partial charge in [-0.3, -0.25) is 0 Å². The summed E-state index contributed by atoms with van der Waals surface area (Å²) >= 11 is 2.27. The zero-order chi connectivity index (χ0) is 9.14. The van der Waals surface area contributed by atoms with Crippen molar-refractivity contribution in [3.63, 3.8) is 0 Å². The number of nitrogens with two attached hydrogens (primary N) is 1. The second-order valence-corrected chi connectivity index (χ2v) is 3.70. The van der Waals surface area contributed by atoms with E-state index < -0.39 is 0 Å². The van der Waals surface area contributed by atoms with Crippen molar-refractivity contribution in [2.75, 3.05) is 0 Å². The van der Waals surface area contributed by atoms with Crippen LogP contribution in [0.5, 0.6) is 0 Å². The van der Waals surface area contributed by atoms with Crippen molar-refractivity contribution < 1.29 is 0 Å². The highest BCUT2D eigenvalue weighted by atomic mass is 127. The van der Waals surface area contributed by atoms with E-state index in [1.807, 2.05) is 12.1 Å². The second-order valence-electron chi connectivity index (χ2n) is 2.62. The molecule has 0 bridgehead atoms. The Morgan fingerprint density at radius 2 is 2.25 bits per heavy atom. The summed E-state index contributed by atoms with van der Waals surface area (Å²) in [5.41, 5.74) is 7.98. The van der Waals surface area contributed by atoms with Gasteiger partial charge in [-0.1, -0.05) is 24.1 Å². The van der Waals surface area contributed by atoms with Crippen LogP contribution in [-0.4, -0.2) is 0 Å². The van der Waals surface area contributed by atoms with Crippen molar-refractivity contribution in [3.8, 4) is 12.3 Å². The van der Waals surface area contributed by atoms with Crippen LogP contribution >= 0.6 is 22.6 Å². The molecule has 0 saturated carbocycles. The lowest BCUT2D eigenvalue weighted by atomic mass is 10.1. The van der Waals surface area contributed by atoms with Gasteiger partial charge in [0.25, 0.3) is 0 Å². The lowest BCUT2D eigenvalue weighted by Gasteiger charge is -2.08. The molecule has 1 aromatic carbocycles. The van der Waals surface area contributed by atoms with Gasteiger partial charge in [0.1, 0.15) is 0 Å². The van der Waals surface area contributed by atoms with Crippen molar-refractivity contribution >= 4 is 22.6 Å². The Hall–Kier alpha value is -0.530. The molecule has 1 unspecified atom stereocenters. The number of hydrogen-bond acceptors (Lipinski definition) is 1. The number of benzene rings is 1. The van der Waals surface area contributed by atoms with Gasteiger partial charge in [-0.15, -0.1) is 6.42 Å². The molecule has 1 nitrogen and oxygen atoms in total. The van der Waals surface area contributed by atoms with Crippen molar-refractivity contribution in [2.24, 2.45) is 5.73 Å². The highest BCUT2D eigenvalue weighted by molar-refractivity contribution is 14.1. The minimum Gasteiger partial charge on any atom is -0.314 e. The van der Waals surface area contributed by atoms with Gasteiger partial charge in [-0.2, -0.15) is 0 Å². The monoisotopic (exact) mass is 271 g/mol. The van der Waals surface area contributed by atoms with Crippen LogP contribution in [0.2, 0.25) is 0 Å². The summed E-state index contributed by atoms with van der Waals surface area (Å²) in [6.07, 6.45) is 5.24. The fourth-order valence-electron chi connectivity index (χ4n) is 1.00. The maximum absolute atomic E-state index is 5.72. The number of halogens is 1. The number of hydrogen-bond donors (Lipinski definition) is 1. The first kappa shape index (κ1) is 9.56. The summed E-state index contributed by atoms with van der Waals surface area (Å²) in [6.45, 7) is 2.05. The highest BCUT2D eigenvalue weighted by Gasteiger charge is 2.07. The van der Waals surface area contributed by atoms with Crippen LogP contribution in [0.15, 0.2) is 18.2 Å². The standard InChI is InChI=1S/C10H10IN/c1-3-9(12)8-6-4-5-7(2)10(8)11/h1,4-6,9H,12H2,2H3. The van der Waals surface area contributed by atoms with Gasteiger partial charge >= 0.3 is 0 Å². The zero-order valence-corrected chi connectivity index (χ0v) is 9.00. The molecule has 0 spiro atoms. The molecule has 62 valence electrons. The Morgan fingerprint density at radius 1 is 1.58 bits per heavy atom. The second kappa shape index (κ2) is 3.92. The van der Waals surface area contributed by atoms with Gasteiger partial charge in [0.2, 0.25) is 0 Å². The molecule has 0 aliphatic carbocycles. The average Bonchev–Trinajstić information content (AvgIpc) is 2.08. The first-order valence-electron chi connectivity index (χ1n) is 3.63. The SMILES string of the molecule is C#CC(N)c1cccc(C)c1I. The Labute approximate surface area is 86.5 Å². The van der Waals surface area contributed by atoms with Gasteiger partial charge in [0.05, 0.1) is 6.04 Å². The normalized spacial score (nSPS) is 12.2. The summed E-state index contributed by atoms with van der Waals surface area (Å²) < 4.78 is 1.17. The van der Waals surface area contributed by atoms with E-state index in [0.717, 1.165) is 5.56 Å². The maximum atomic E-state index is 5.72. The summed E-state index contributed by atoms with van der Waals surface area (Å²) in [7, 11) is 0. The van der Waals surface area contributed by atoms with Gasteiger partial charge < -0.3 is 5.73 Å². The van der Waals surface area contributed by atoms with E-state index in [9.17, 15) is 0 Å². The summed E-state index contributed by atoms with van der Waals surface area (Å²) in [4.78, 5) is 0. The molecule has 2 N–H and O–H groups in total. The van der Waals surface area contributed by atoms with Crippen LogP contribution in [0.3, 0.4) is 0 Å². The third kappa shape index (κ3) is 1.79. The zero-order valence-electron chi connectivity index (χ0n) is 6.84. The molecule has 1 aromatic rings. The summed E-state index contributed by atoms with van der Waals surface area (Å²) in [6, 6.07) is 5.72. The molecule has 0 radical (unpaired) electrons. The van der Waals surface area contributed by atoms with E-state index in [2.05, 4.69) is 41.5 Å². The minimum atomic E-state index is -0.281. The van der Waals surface area contributed by atoms with Crippen LogP contribution in [0.4, 0.5) is 0 Å². The summed E-state index contributed by atoms with van der Waals surface area (Å²) in [5, 5.41) is 0. The molecule has 0 aliphatic rings. The van der Waals surface area contributed by atoms with Crippen molar-refractivity contribution in [3.05, 3.63) is 32.9 Å². The van der Waals surface area contributed by atoms with Crippen LogP contribution in [-0.2, 0) is 0 Å². The van der Waals surface area contributed by atoms with Crippen LogP contribution in [0, 0.1) is 22.8 Å². The van der Waals surface area contributed by atoms with E-state index in [0.29, 0.717) is 0 Å². The third-order valence-corrected chi connectivity index (χ3v) is 3.21. The molecule has 0 aromatic heterocycles. The maximum Gasteiger partial charge on any atom is 0.0928 e. The minimum absolute atomic E-state index is 0.281. The lowest BCUT2D eigenvalue weighted by Crippen LogP contribution is -2.09. The van der Waals surface area contributed by atoms with Crippen molar-refractivity contribution in [1.82, 2.24) is 0 Å². The largest absolute Gasteiger partial charge is 0.314 e. The highest BCUT2D eigenvalue weighted by Crippen LogP contribution is 2.20. The predicted molar refractivity (Wildman–Crippen MR) is 59.7 cm³/mol. The number of aryl methyl sites for hydroxylation is 1. The molecule has 1 atom stereocenters. The summed E-state index contributed by atoms with van der Waals surface area (Å²) in [5.74, 6) is 2.52. The molecule has 0 amide bonds. The van der Waals surface area contributed by atoms with E-state index in [1.54, 1.807) is 0 Å².